The SMILES string of the molecule is CCCNC(=O)C(Cc1ccccc1)N(Cc1ccccc1)C(=O)CN(c1ccccc1C)S(=O)(=O)c1ccc(C)cc1. The summed E-state index contributed by atoms with van der Waals surface area (Å²) in [4.78, 5) is 29.7. The first-order valence-electron chi connectivity index (χ1n) is 14.5. The summed E-state index contributed by atoms with van der Waals surface area (Å²) in [5.41, 5.74) is 3.77. The number of aryl methyl sites for hydroxylation is 2. The quantitative estimate of drug-likeness (QED) is 0.215. The molecule has 0 heterocycles. The van der Waals surface area contributed by atoms with Gasteiger partial charge < -0.3 is 10.2 Å². The van der Waals surface area contributed by atoms with Gasteiger partial charge in [-0.15, -0.1) is 0 Å². The molecule has 0 saturated carbocycles. The second-order valence-electron chi connectivity index (χ2n) is 10.6. The average Bonchev–Trinajstić information content (AvgIpc) is 3.02. The Hall–Kier alpha value is -4.43. The predicted octanol–water partition coefficient (Wildman–Crippen LogP) is 5.67. The fraction of sp³-hybridized carbons (Fsp3) is 0.257. The van der Waals surface area contributed by atoms with Crippen molar-refractivity contribution < 1.29 is 18.0 Å². The molecule has 2 amide bonds. The Kier molecular flexibility index (Phi) is 10.7. The van der Waals surface area contributed by atoms with E-state index in [0.717, 1.165) is 27.4 Å². The molecule has 0 aromatic heterocycles. The summed E-state index contributed by atoms with van der Waals surface area (Å²) in [6.07, 6.45) is 1.02. The van der Waals surface area contributed by atoms with Crippen LogP contribution in [0.1, 0.15) is 35.6 Å². The molecule has 0 saturated heterocycles. The molecule has 0 aliphatic rings. The third-order valence-corrected chi connectivity index (χ3v) is 9.06. The van der Waals surface area contributed by atoms with Gasteiger partial charge in [0.25, 0.3) is 10.0 Å². The zero-order valence-electron chi connectivity index (χ0n) is 24.9. The normalized spacial score (nSPS) is 11.9. The molecule has 0 radical (unpaired) electrons. The number of para-hydroxylation sites is 1. The van der Waals surface area contributed by atoms with E-state index in [0.29, 0.717) is 17.8 Å². The van der Waals surface area contributed by atoms with Crippen LogP contribution in [-0.2, 0) is 32.6 Å². The maximum atomic E-state index is 14.4. The van der Waals surface area contributed by atoms with E-state index in [1.807, 2.05) is 93.6 Å². The van der Waals surface area contributed by atoms with Crippen LogP contribution in [0.4, 0.5) is 5.69 Å². The molecule has 0 aliphatic heterocycles. The predicted molar refractivity (Wildman–Crippen MR) is 171 cm³/mol. The lowest BCUT2D eigenvalue weighted by Crippen LogP contribution is -2.53. The highest BCUT2D eigenvalue weighted by Crippen LogP contribution is 2.28. The Morgan fingerprint density at radius 2 is 1.35 bits per heavy atom. The molecule has 43 heavy (non-hydrogen) atoms. The Morgan fingerprint density at radius 3 is 1.95 bits per heavy atom. The molecule has 4 aromatic rings. The van der Waals surface area contributed by atoms with Crippen molar-refractivity contribution in [2.45, 2.75) is 51.1 Å². The number of nitrogens with zero attached hydrogens (tertiary/aromatic N) is 2. The minimum Gasteiger partial charge on any atom is -0.354 e. The number of carbonyl (C=O) groups excluding carboxylic acids is 2. The van der Waals surface area contributed by atoms with Gasteiger partial charge in [-0.25, -0.2) is 8.42 Å². The molecule has 0 bridgehead atoms. The molecule has 1 atom stereocenters. The maximum absolute atomic E-state index is 14.4. The summed E-state index contributed by atoms with van der Waals surface area (Å²) < 4.78 is 29.4. The van der Waals surface area contributed by atoms with Crippen LogP contribution < -0.4 is 9.62 Å². The molecule has 224 valence electrons. The van der Waals surface area contributed by atoms with Crippen LogP contribution in [0.15, 0.2) is 114 Å². The number of hydrogen-bond acceptors (Lipinski definition) is 4. The molecule has 1 N–H and O–H groups in total. The fourth-order valence-electron chi connectivity index (χ4n) is 4.89. The highest BCUT2D eigenvalue weighted by molar-refractivity contribution is 7.92. The number of amides is 2. The summed E-state index contributed by atoms with van der Waals surface area (Å²) >= 11 is 0. The van der Waals surface area contributed by atoms with Crippen LogP contribution in [-0.4, -0.2) is 44.3 Å². The third kappa shape index (κ3) is 8.11. The Balaban J connectivity index is 1.79. The molecule has 1 unspecified atom stereocenters. The summed E-state index contributed by atoms with van der Waals surface area (Å²) in [6, 6.07) is 31.8. The summed E-state index contributed by atoms with van der Waals surface area (Å²) in [5, 5.41) is 2.96. The van der Waals surface area contributed by atoms with Gasteiger partial charge in [-0.05, 0) is 55.2 Å². The van der Waals surface area contributed by atoms with Crippen LogP contribution in [0.25, 0.3) is 0 Å². The van der Waals surface area contributed by atoms with Crippen molar-refractivity contribution in [3.8, 4) is 0 Å². The van der Waals surface area contributed by atoms with Gasteiger partial charge in [0.2, 0.25) is 11.8 Å². The fourth-order valence-corrected chi connectivity index (χ4v) is 6.37. The Morgan fingerprint density at radius 1 is 0.767 bits per heavy atom. The topological polar surface area (TPSA) is 86.8 Å². The summed E-state index contributed by atoms with van der Waals surface area (Å²) in [7, 11) is -4.13. The van der Waals surface area contributed by atoms with Crippen molar-refractivity contribution in [2.24, 2.45) is 0 Å². The van der Waals surface area contributed by atoms with Crippen molar-refractivity contribution in [1.82, 2.24) is 10.2 Å². The molecule has 8 heteroatoms. The lowest BCUT2D eigenvalue weighted by Gasteiger charge is -2.34. The first-order chi connectivity index (χ1) is 20.7. The van der Waals surface area contributed by atoms with Gasteiger partial charge in [-0.2, -0.15) is 0 Å². The summed E-state index contributed by atoms with van der Waals surface area (Å²) in [6.45, 7) is 5.81. The minimum absolute atomic E-state index is 0.0882. The highest BCUT2D eigenvalue weighted by Gasteiger charge is 2.34. The van der Waals surface area contributed by atoms with Crippen LogP contribution in [0.3, 0.4) is 0 Å². The van der Waals surface area contributed by atoms with E-state index in [1.54, 1.807) is 36.4 Å². The minimum atomic E-state index is -4.13. The van der Waals surface area contributed by atoms with E-state index in [4.69, 9.17) is 0 Å². The van der Waals surface area contributed by atoms with Gasteiger partial charge in [0, 0.05) is 19.5 Å². The number of carbonyl (C=O) groups is 2. The molecule has 0 spiro atoms. The van der Waals surface area contributed by atoms with Gasteiger partial charge in [0.15, 0.2) is 0 Å². The molecule has 7 nitrogen and oxygen atoms in total. The van der Waals surface area contributed by atoms with Crippen LogP contribution in [0.2, 0.25) is 0 Å². The number of anilines is 1. The lowest BCUT2D eigenvalue weighted by atomic mass is 10.0. The third-order valence-electron chi connectivity index (χ3n) is 7.29. The number of benzene rings is 4. The molecule has 0 fully saturated rings. The molecule has 0 aliphatic carbocycles. The largest absolute Gasteiger partial charge is 0.354 e. The molecule has 4 rings (SSSR count). The lowest BCUT2D eigenvalue weighted by molar-refractivity contribution is -0.140. The standard InChI is InChI=1S/C35H39N3O4S/c1-4-23-36-35(40)33(24-29-14-7-5-8-15-29)37(25-30-16-9-6-10-17-30)34(39)26-38(32-18-12-11-13-28(32)3)43(41,42)31-21-19-27(2)20-22-31/h5-22,33H,4,23-26H2,1-3H3,(H,36,40). The second kappa shape index (κ2) is 14.6. The van der Waals surface area contributed by atoms with Gasteiger partial charge in [0.1, 0.15) is 12.6 Å². The van der Waals surface area contributed by atoms with Crippen molar-refractivity contribution in [3.05, 3.63) is 131 Å². The van der Waals surface area contributed by atoms with Crippen molar-refractivity contribution >= 4 is 27.5 Å². The van der Waals surface area contributed by atoms with Crippen LogP contribution in [0, 0.1) is 13.8 Å². The second-order valence-corrected chi connectivity index (χ2v) is 12.5. The van der Waals surface area contributed by atoms with Crippen molar-refractivity contribution in [3.63, 3.8) is 0 Å². The molecular weight excluding hydrogens is 558 g/mol. The van der Waals surface area contributed by atoms with Gasteiger partial charge in [-0.1, -0.05) is 103 Å². The molecular formula is C35H39N3O4S. The Labute approximate surface area is 255 Å². The smallest absolute Gasteiger partial charge is 0.264 e. The Bertz CT molecular complexity index is 1610. The van der Waals surface area contributed by atoms with E-state index in [9.17, 15) is 18.0 Å². The van der Waals surface area contributed by atoms with Gasteiger partial charge >= 0.3 is 0 Å². The zero-order valence-corrected chi connectivity index (χ0v) is 25.8. The van der Waals surface area contributed by atoms with Crippen molar-refractivity contribution in [1.29, 1.82) is 0 Å². The van der Waals surface area contributed by atoms with Crippen LogP contribution >= 0.6 is 0 Å². The average molecular weight is 598 g/mol. The van der Waals surface area contributed by atoms with Crippen molar-refractivity contribution in [2.75, 3.05) is 17.4 Å². The first-order valence-corrected chi connectivity index (χ1v) is 15.9. The van der Waals surface area contributed by atoms with E-state index in [-0.39, 0.29) is 23.8 Å². The van der Waals surface area contributed by atoms with E-state index < -0.39 is 28.5 Å². The number of rotatable bonds is 13. The monoisotopic (exact) mass is 597 g/mol. The maximum Gasteiger partial charge on any atom is 0.264 e. The van der Waals surface area contributed by atoms with E-state index in [2.05, 4.69) is 5.32 Å². The summed E-state index contributed by atoms with van der Waals surface area (Å²) in [5.74, 6) is -0.755. The van der Waals surface area contributed by atoms with Gasteiger partial charge in [-0.3, -0.25) is 13.9 Å². The molecule has 4 aromatic carbocycles. The highest BCUT2D eigenvalue weighted by atomic mass is 32.2. The number of hydrogen-bond donors (Lipinski definition) is 1. The number of sulfonamides is 1. The number of nitrogens with one attached hydrogen (secondary N) is 1. The van der Waals surface area contributed by atoms with Gasteiger partial charge in [0.05, 0.1) is 10.6 Å². The first kappa shape index (κ1) is 31.5. The van der Waals surface area contributed by atoms with Crippen LogP contribution in [0.5, 0.6) is 0 Å². The zero-order chi connectivity index (χ0) is 30.8. The van der Waals surface area contributed by atoms with E-state index >= 15 is 0 Å². The van der Waals surface area contributed by atoms with E-state index in [1.165, 1.54) is 4.90 Å².